The first-order valence-electron chi connectivity index (χ1n) is 14.0. The number of carbonyl (C=O) groups is 2. The molecule has 1 aromatic rings. The number of piperidine rings is 2. The van der Waals surface area contributed by atoms with Crippen molar-refractivity contribution in [3.8, 4) is 0 Å². The van der Waals surface area contributed by atoms with Crippen LogP contribution in [0.2, 0.25) is 0 Å². The topological polar surface area (TPSA) is 40.6 Å². The molecule has 0 bridgehead atoms. The third-order valence-electron chi connectivity index (χ3n) is 7.60. The lowest BCUT2D eigenvalue weighted by Crippen LogP contribution is -2.30. The molecule has 0 amide bonds. The molecule has 0 atom stereocenters. The number of hydrogen-bond acceptors (Lipinski definition) is 4. The molecule has 0 radical (unpaired) electrons. The first kappa shape index (κ1) is 27.1. The summed E-state index contributed by atoms with van der Waals surface area (Å²) in [6.45, 7) is 13.5. The second kappa shape index (κ2) is 13.5. The van der Waals surface area contributed by atoms with Gasteiger partial charge in [-0.2, -0.15) is 0 Å². The number of benzene rings is 1. The molecular formula is C30H48N2O2. The predicted molar refractivity (Wildman–Crippen MR) is 142 cm³/mol. The van der Waals surface area contributed by atoms with Crippen molar-refractivity contribution in [2.45, 2.75) is 103 Å². The van der Waals surface area contributed by atoms with Crippen molar-refractivity contribution in [1.29, 1.82) is 0 Å². The maximum absolute atomic E-state index is 13.1. The van der Waals surface area contributed by atoms with E-state index in [4.69, 9.17) is 0 Å². The zero-order chi connectivity index (χ0) is 24.4. The monoisotopic (exact) mass is 468 g/mol. The van der Waals surface area contributed by atoms with Crippen LogP contribution in [-0.4, -0.2) is 60.6 Å². The molecule has 1 aromatic carbocycles. The number of ketones is 2. The van der Waals surface area contributed by atoms with Gasteiger partial charge in [0.2, 0.25) is 0 Å². The van der Waals surface area contributed by atoms with Crippen LogP contribution in [0, 0.1) is 0 Å². The van der Waals surface area contributed by atoms with Gasteiger partial charge in [-0.15, -0.1) is 0 Å². The van der Waals surface area contributed by atoms with Crippen LogP contribution in [0.4, 0.5) is 0 Å². The number of likely N-dealkylation sites (tertiary alicyclic amines) is 2. The second-order valence-electron chi connectivity index (χ2n) is 11.6. The Morgan fingerprint density at radius 2 is 1.06 bits per heavy atom. The molecule has 0 aliphatic carbocycles. The summed E-state index contributed by atoms with van der Waals surface area (Å²) in [6.07, 6.45) is 13.1. The Morgan fingerprint density at radius 3 is 1.44 bits per heavy atom. The zero-order valence-corrected chi connectivity index (χ0v) is 22.2. The SMILES string of the molecule is CC(C)(C)c1cc(C(=O)CCCCN2CCCCC2)cc(C(=O)CCCCN2CCCCC2)c1. The van der Waals surface area contributed by atoms with Crippen molar-refractivity contribution >= 4 is 11.6 Å². The molecule has 2 saturated heterocycles. The molecule has 4 nitrogen and oxygen atoms in total. The van der Waals surface area contributed by atoms with Gasteiger partial charge in [0.1, 0.15) is 0 Å². The molecule has 0 spiro atoms. The summed E-state index contributed by atoms with van der Waals surface area (Å²) in [7, 11) is 0. The number of rotatable bonds is 12. The molecule has 0 aromatic heterocycles. The van der Waals surface area contributed by atoms with Crippen LogP contribution in [0.15, 0.2) is 18.2 Å². The second-order valence-corrected chi connectivity index (χ2v) is 11.6. The van der Waals surface area contributed by atoms with Crippen LogP contribution in [0.1, 0.15) is 124 Å². The van der Waals surface area contributed by atoms with Crippen molar-refractivity contribution in [3.63, 3.8) is 0 Å². The van der Waals surface area contributed by atoms with Gasteiger partial charge in [0, 0.05) is 24.0 Å². The third-order valence-corrected chi connectivity index (χ3v) is 7.60. The normalized spacial score (nSPS) is 18.2. The predicted octanol–water partition coefficient (Wildman–Crippen LogP) is 6.66. The maximum atomic E-state index is 13.1. The Bertz CT molecular complexity index is 727. The fourth-order valence-electron chi connectivity index (χ4n) is 5.28. The van der Waals surface area contributed by atoms with Crippen molar-refractivity contribution < 1.29 is 9.59 Å². The number of nitrogens with zero attached hydrogens (tertiary/aromatic N) is 2. The number of carbonyl (C=O) groups excluding carboxylic acids is 2. The summed E-state index contributed by atoms with van der Waals surface area (Å²) in [4.78, 5) is 31.2. The van der Waals surface area contributed by atoms with E-state index in [2.05, 4.69) is 30.6 Å². The molecule has 0 N–H and O–H groups in total. The highest BCUT2D eigenvalue weighted by Gasteiger charge is 2.20. The third kappa shape index (κ3) is 8.92. The number of hydrogen-bond donors (Lipinski definition) is 0. The van der Waals surface area contributed by atoms with Gasteiger partial charge in [0.15, 0.2) is 11.6 Å². The van der Waals surface area contributed by atoms with Gasteiger partial charge in [-0.25, -0.2) is 0 Å². The quantitative estimate of drug-likeness (QED) is 0.254. The molecular weight excluding hydrogens is 420 g/mol. The van der Waals surface area contributed by atoms with Gasteiger partial charge in [-0.1, -0.05) is 33.6 Å². The van der Waals surface area contributed by atoms with E-state index in [0.29, 0.717) is 12.8 Å². The highest BCUT2D eigenvalue weighted by Crippen LogP contribution is 2.26. The summed E-state index contributed by atoms with van der Waals surface area (Å²) >= 11 is 0. The Labute approximate surface area is 208 Å². The number of unbranched alkanes of at least 4 members (excludes halogenated alkanes) is 2. The average molecular weight is 469 g/mol. The fourth-order valence-corrected chi connectivity index (χ4v) is 5.28. The molecule has 2 aliphatic heterocycles. The molecule has 2 fully saturated rings. The minimum absolute atomic E-state index is 0.0894. The van der Waals surface area contributed by atoms with E-state index in [0.717, 1.165) is 55.5 Å². The van der Waals surface area contributed by atoms with Crippen molar-refractivity contribution in [2.75, 3.05) is 39.3 Å². The van der Waals surface area contributed by atoms with Crippen molar-refractivity contribution in [2.24, 2.45) is 0 Å². The van der Waals surface area contributed by atoms with Crippen LogP contribution < -0.4 is 0 Å². The van der Waals surface area contributed by atoms with Gasteiger partial charge < -0.3 is 9.80 Å². The van der Waals surface area contributed by atoms with E-state index >= 15 is 0 Å². The van der Waals surface area contributed by atoms with E-state index in [-0.39, 0.29) is 17.0 Å². The largest absolute Gasteiger partial charge is 0.303 e. The van der Waals surface area contributed by atoms with Gasteiger partial charge in [-0.3, -0.25) is 9.59 Å². The molecule has 34 heavy (non-hydrogen) atoms. The van der Waals surface area contributed by atoms with Crippen LogP contribution >= 0.6 is 0 Å². The van der Waals surface area contributed by atoms with E-state index in [1.807, 2.05) is 18.2 Å². The summed E-state index contributed by atoms with van der Waals surface area (Å²) in [5, 5.41) is 0. The maximum Gasteiger partial charge on any atom is 0.162 e. The van der Waals surface area contributed by atoms with Crippen LogP contribution in [0.25, 0.3) is 0 Å². The lowest BCUT2D eigenvalue weighted by atomic mass is 9.83. The summed E-state index contributed by atoms with van der Waals surface area (Å²) in [6, 6.07) is 5.93. The van der Waals surface area contributed by atoms with E-state index in [1.54, 1.807) is 0 Å². The Morgan fingerprint density at radius 1 is 0.647 bits per heavy atom. The highest BCUT2D eigenvalue weighted by atomic mass is 16.1. The summed E-state index contributed by atoms with van der Waals surface area (Å²) < 4.78 is 0. The van der Waals surface area contributed by atoms with Gasteiger partial charge in [0.25, 0.3) is 0 Å². The minimum Gasteiger partial charge on any atom is -0.303 e. The lowest BCUT2D eigenvalue weighted by molar-refractivity contribution is 0.0976. The zero-order valence-electron chi connectivity index (χ0n) is 22.2. The first-order valence-corrected chi connectivity index (χ1v) is 14.0. The fraction of sp³-hybridized carbons (Fsp3) is 0.733. The lowest BCUT2D eigenvalue weighted by Gasteiger charge is -2.26. The highest BCUT2D eigenvalue weighted by molar-refractivity contribution is 6.01. The smallest absolute Gasteiger partial charge is 0.162 e. The average Bonchev–Trinajstić information content (AvgIpc) is 2.84. The molecule has 0 unspecified atom stereocenters. The standard InChI is InChI=1S/C30H48N2O2/c1-30(2,3)27-23-25(28(33)14-6-12-20-31-16-8-4-9-17-31)22-26(24-27)29(34)15-7-13-21-32-18-10-5-11-19-32/h22-24H,4-21H2,1-3H3. The molecule has 2 heterocycles. The van der Waals surface area contributed by atoms with Crippen molar-refractivity contribution in [1.82, 2.24) is 9.80 Å². The minimum atomic E-state index is -0.0894. The molecule has 190 valence electrons. The van der Waals surface area contributed by atoms with Crippen LogP contribution in [-0.2, 0) is 5.41 Å². The molecule has 2 aliphatic rings. The summed E-state index contributed by atoms with van der Waals surface area (Å²) in [5.41, 5.74) is 2.45. The van der Waals surface area contributed by atoms with Gasteiger partial charge >= 0.3 is 0 Å². The van der Waals surface area contributed by atoms with E-state index in [9.17, 15) is 9.59 Å². The van der Waals surface area contributed by atoms with E-state index < -0.39 is 0 Å². The van der Waals surface area contributed by atoms with Crippen LogP contribution in [0.5, 0.6) is 0 Å². The van der Waals surface area contributed by atoms with E-state index in [1.165, 1.54) is 64.7 Å². The molecule has 4 heteroatoms. The molecule has 3 rings (SSSR count). The Kier molecular flexibility index (Phi) is 10.8. The summed E-state index contributed by atoms with van der Waals surface area (Å²) in [5.74, 6) is 0.368. The Hall–Kier alpha value is -1.52. The van der Waals surface area contributed by atoms with Gasteiger partial charge in [-0.05, 0) is 120 Å². The Balaban J connectivity index is 1.52. The van der Waals surface area contributed by atoms with Crippen LogP contribution in [0.3, 0.4) is 0 Å². The van der Waals surface area contributed by atoms with Crippen molar-refractivity contribution in [3.05, 3.63) is 34.9 Å². The molecule has 0 saturated carbocycles. The van der Waals surface area contributed by atoms with Gasteiger partial charge in [0.05, 0.1) is 0 Å². The number of Topliss-reactive ketones (excluding diaryl/α,β-unsaturated/α-hetero) is 2. The first-order chi connectivity index (χ1) is 16.3.